The molecule has 1 aromatic heterocycles. The maximum absolute atomic E-state index is 10.1. The fraction of sp³-hybridized carbons (Fsp3) is 0.636. The van der Waals surface area contributed by atoms with Gasteiger partial charge in [0.05, 0.1) is 12.8 Å². The Morgan fingerprint density at radius 1 is 1.25 bits per heavy atom. The summed E-state index contributed by atoms with van der Waals surface area (Å²) >= 11 is 5.73. The van der Waals surface area contributed by atoms with Crippen LogP contribution in [0.25, 0.3) is 0 Å². The molecule has 0 saturated heterocycles. The number of rotatable bonds is 8. The van der Waals surface area contributed by atoms with Crippen molar-refractivity contribution in [1.29, 1.82) is 0 Å². The van der Waals surface area contributed by atoms with Crippen molar-refractivity contribution in [3.05, 3.63) is 5.28 Å². The number of hydrogen-bond donors (Lipinski definition) is 6. The van der Waals surface area contributed by atoms with Gasteiger partial charge in [-0.25, -0.2) is 0 Å². The molecule has 0 aliphatic rings. The summed E-state index contributed by atoms with van der Waals surface area (Å²) in [6, 6.07) is 0.267. The number of carbonyl (C=O) groups is 1. The summed E-state index contributed by atoms with van der Waals surface area (Å²) in [6.45, 7) is 6.29. The molecule has 0 aromatic carbocycles. The highest BCUT2D eigenvalue weighted by Gasteiger charge is 2.11. The van der Waals surface area contributed by atoms with E-state index in [-0.39, 0.29) is 11.3 Å². The quantitative estimate of drug-likeness (QED) is 0.346. The van der Waals surface area contributed by atoms with Crippen molar-refractivity contribution in [2.24, 2.45) is 0 Å². The Bertz CT molecular complexity index is 570. The number of halogens is 1. The smallest absolute Gasteiger partial charge is 0.339 e. The number of anilines is 2. The fourth-order valence-electron chi connectivity index (χ4n) is 1.22. The Balaban J connectivity index is 0.000000470. The Kier molecular flexibility index (Phi) is 10.4. The molecule has 0 spiro atoms. The first-order valence-corrected chi connectivity index (χ1v) is 9.10. The summed E-state index contributed by atoms with van der Waals surface area (Å²) in [5, 5.41) is 16.3. The van der Waals surface area contributed by atoms with Crippen molar-refractivity contribution < 1.29 is 24.3 Å². The molecule has 138 valence electrons. The van der Waals surface area contributed by atoms with Gasteiger partial charge in [0.25, 0.3) is 0 Å². The van der Waals surface area contributed by atoms with E-state index < -0.39 is 26.4 Å². The van der Waals surface area contributed by atoms with Crippen molar-refractivity contribution in [3.63, 3.8) is 0 Å². The van der Waals surface area contributed by atoms with E-state index in [4.69, 9.17) is 26.5 Å². The van der Waals surface area contributed by atoms with Gasteiger partial charge in [-0.3, -0.25) is 14.7 Å². The van der Waals surface area contributed by atoms with E-state index in [0.29, 0.717) is 11.9 Å². The van der Waals surface area contributed by atoms with Crippen LogP contribution >= 0.6 is 19.2 Å². The molecule has 11 nitrogen and oxygen atoms in total. The van der Waals surface area contributed by atoms with Crippen LogP contribution in [-0.2, 0) is 9.36 Å². The van der Waals surface area contributed by atoms with E-state index in [0.717, 1.165) is 6.54 Å². The van der Waals surface area contributed by atoms with E-state index in [1.54, 1.807) is 0 Å². The molecule has 1 heterocycles. The highest BCUT2D eigenvalue weighted by Crippen LogP contribution is 2.31. The maximum atomic E-state index is 10.1. The average molecular weight is 385 g/mol. The minimum absolute atomic E-state index is 0.194. The molecule has 0 saturated carbocycles. The monoisotopic (exact) mass is 384 g/mol. The van der Waals surface area contributed by atoms with Crippen molar-refractivity contribution in [1.82, 2.24) is 20.3 Å². The number of hydrogen-bond acceptors (Lipinski definition) is 8. The second-order valence-electron chi connectivity index (χ2n) is 4.72. The molecule has 0 aliphatic heterocycles. The van der Waals surface area contributed by atoms with Gasteiger partial charge >= 0.3 is 13.6 Å². The van der Waals surface area contributed by atoms with Gasteiger partial charge in [-0.05, 0) is 32.4 Å². The summed E-state index contributed by atoms with van der Waals surface area (Å²) in [5.74, 6) is -0.153. The summed E-state index contributed by atoms with van der Waals surface area (Å²) in [6.07, 6.45) is -0.598. The number of carboxylic acids is 1. The largest absolute Gasteiger partial charge is 0.480 e. The van der Waals surface area contributed by atoms with Gasteiger partial charge < -0.3 is 25.5 Å². The number of aliphatic carboxylic acids is 1. The van der Waals surface area contributed by atoms with Crippen LogP contribution in [-0.4, -0.2) is 61.2 Å². The third-order valence-electron chi connectivity index (χ3n) is 1.95. The van der Waals surface area contributed by atoms with Gasteiger partial charge in [0, 0.05) is 12.6 Å². The molecule has 0 atom stereocenters. The Morgan fingerprint density at radius 3 is 2.29 bits per heavy atom. The van der Waals surface area contributed by atoms with Gasteiger partial charge in [-0.1, -0.05) is 0 Å². The second-order valence-corrected chi connectivity index (χ2v) is 6.71. The zero-order valence-electron chi connectivity index (χ0n) is 13.5. The minimum atomic E-state index is -4.10. The Morgan fingerprint density at radius 2 is 1.83 bits per heavy atom. The normalized spacial score (nSPS) is 10.8. The standard InChI is InChI=1S/C8H14ClN5.C3H8NO5P/c1-4-10-7-12-6(9)13-8(14-7)11-5(2)3;5-3(6)1-4-2-10(7,8)9/h5H,4H2,1-3H3,(H2,10,11,12,13,14);4H,1-2H2,(H,5,6)(H2,7,8,9). The molecule has 1 rings (SSSR count). The van der Waals surface area contributed by atoms with Gasteiger partial charge in [-0.15, -0.1) is 0 Å². The van der Waals surface area contributed by atoms with Gasteiger partial charge in [-0.2, -0.15) is 15.0 Å². The lowest BCUT2D eigenvalue weighted by Crippen LogP contribution is -2.23. The zero-order valence-corrected chi connectivity index (χ0v) is 15.2. The Hall–Kier alpha value is -1.52. The van der Waals surface area contributed by atoms with Crippen molar-refractivity contribution in [2.75, 3.05) is 30.0 Å². The van der Waals surface area contributed by atoms with Crippen molar-refractivity contribution >= 4 is 37.1 Å². The highest BCUT2D eigenvalue weighted by atomic mass is 35.5. The molecular formula is C11H22ClN6O5P. The first kappa shape index (κ1) is 22.5. The minimum Gasteiger partial charge on any atom is -0.480 e. The van der Waals surface area contributed by atoms with Crippen LogP contribution in [0.3, 0.4) is 0 Å². The molecular weight excluding hydrogens is 363 g/mol. The van der Waals surface area contributed by atoms with E-state index in [1.807, 2.05) is 20.8 Å². The topological polar surface area (TPSA) is 170 Å². The molecule has 6 N–H and O–H groups in total. The summed E-state index contributed by atoms with van der Waals surface area (Å²) in [5.41, 5.74) is 0. The number of nitrogens with one attached hydrogen (secondary N) is 3. The summed E-state index contributed by atoms with van der Waals surface area (Å²) in [7, 11) is -4.10. The molecule has 0 aliphatic carbocycles. The third kappa shape index (κ3) is 13.0. The van der Waals surface area contributed by atoms with Crippen LogP contribution in [0.4, 0.5) is 11.9 Å². The first-order valence-electron chi connectivity index (χ1n) is 6.92. The van der Waals surface area contributed by atoms with E-state index in [2.05, 4.69) is 30.9 Å². The molecule has 0 unspecified atom stereocenters. The summed E-state index contributed by atoms with van der Waals surface area (Å²) in [4.78, 5) is 38.1. The summed E-state index contributed by atoms with van der Waals surface area (Å²) < 4.78 is 10.1. The second kappa shape index (κ2) is 11.1. The average Bonchev–Trinajstić information content (AvgIpc) is 2.35. The molecule has 0 fully saturated rings. The van der Waals surface area contributed by atoms with Crippen LogP contribution in [0.5, 0.6) is 0 Å². The van der Waals surface area contributed by atoms with Crippen LogP contribution in [0.2, 0.25) is 5.28 Å². The lowest BCUT2D eigenvalue weighted by atomic mass is 10.4. The van der Waals surface area contributed by atoms with Crippen LogP contribution in [0.1, 0.15) is 20.8 Å². The SMILES string of the molecule is CCNc1nc(Cl)nc(NC(C)C)n1.O=C(O)CNCP(=O)(O)O. The van der Waals surface area contributed by atoms with E-state index in [1.165, 1.54) is 0 Å². The first-order chi connectivity index (χ1) is 11.0. The molecule has 0 bridgehead atoms. The molecule has 24 heavy (non-hydrogen) atoms. The van der Waals surface area contributed by atoms with Crippen LogP contribution in [0.15, 0.2) is 0 Å². The van der Waals surface area contributed by atoms with Crippen molar-refractivity contribution in [3.8, 4) is 0 Å². The Labute approximate surface area is 144 Å². The van der Waals surface area contributed by atoms with Crippen LogP contribution in [0, 0.1) is 0 Å². The van der Waals surface area contributed by atoms with E-state index >= 15 is 0 Å². The molecule has 0 radical (unpaired) electrons. The lowest BCUT2D eigenvalue weighted by molar-refractivity contribution is -0.135. The zero-order chi connectivity index (χ0) is 18.8. The molecule has 13 heteroatoms. The van der Waals surface area contributed by atoms with Gasteiger partial charge in [0.2, 0.25) is 17.2 Å². The van der Waals surface area contributed by atoms with Gasteiger partial charge in [0.15, 0.2) is 0 Å². The lowest BCUT2D eigenvalue weighted by Gasteiger charge is -2.09. The molecule has 1 aromatic rings. The number of nitrogens with zero attached hydrogens (tertiary/aromatic N) is 3. The predicted octanol–water partition coefficient (Wildman–Crippen LogP) is 0.573. The fourth-order valence-corrected chi connectivity index (χ4v) is 1.78. The predicted molar refractivity (Wildman–Crippen MR) is 90.3 cm³/mol. The third-order valence-corrected chi connectivity index (χ3v) is 2.76. The van der Waals surface area contributed by atoms with E-state index in [9.17, 15) is 9.36 Å². The van der Waals surface area contributed by atoms with Crippen molar-refractivity contribution in [2.45, 2.75) is 26.8 Å². The number of carboxylic acid groups (broad SMARTS) is 1. The maximum Gasteiger partial charge on any atom is 0.339 e. The highest BCUT2D eigenvalue weighted by molar-refractivity contribution is 7.51. The number of aromatic nitrogens is 3. The molecule has 0 amide bonds. The van der Waals surface area contributed by atoms with Gasteiger partial charge in [0.1, 0.15) is 0 Å². The van der Waals surface area contributed by atoms with Crippen LogP contribution < -0.4 is 16.0 Å².